The largest absolute Gasteiger partial charge is 0.344 e. The summed E-state index contributed by atoms with van der Waals surface area (Å²) >= 11 is 5.86. The predicted octanol–water partition coefficient (Wildman–Crippen LogP) is 1.17. The van der Waals surface area contributed by atoms with Crippen molar-refractivity contribution in [2.24, 2.45) is 5.92 Å². The van der Waals surface area contributed by atoms with E-state index in [2.05, 4.69) is 10.6 Å². The minimum absolute atomic E-state index is 0.0117. The summed E-state index contributed by atoms with van der Waals surface area (Å²) in [7, 11) is 0. The maximum atomic E-state index is 12.4. The summed E-state index contributed by atoms with van der Waals surface area (Å²) in [6.45, 7) is 2.19. The summed E-state index contributed by atoms with van der Waals surface area (Å²) < 4.78 is 0. The molecule has 0 bridgehead atoms. The molecule has 6 heteroatoms. The van der Waals surface area contributed by atoms with Crippen molar-refractivity contribution in [3.8, 4) is 0 Å². The number of carbonyl (C=O) groups excluding carboxylic acids is 2. The molecule has 2 aliphatic rings. The lowest BCUT2D eigenvalue weighted by Crippen LogP contribution is -2.44. The maximum absolute atomic E-state index is 12.4. The van der Waals surface area contributed by atoms with Crippen LogP contribution < -0.4 is 15.5 Å². The van der Waals surface area contributed by atoms with Crippen LogP contribution in [0.25, 0.3) is 0 Å². The average Bonchev–Trinajstić information content (AvgIpc) is 3.11. The van der Waals surface area contributed by atoms with Gasteiger partial charge in [0.05, 0.1) is 5.92 Å². The van der Waals surface area contributed by atoms with Gasteiger partial charge in [-0.1, -0.05) is 11.6 Å². The Morgan fingerprint density at radius 2 is 2.05 bits per heavy atom. The van der Waals surface area contributed by atoms with Gasteiger partial charge in [0.25, 0.3) is 0 Å². The fraction of sp³-hybridized carbons (Fsp3) is 0.467. The van der Waals surface area contributed by atoms with Crippen molar-refractivity contribution in [2.45, 2.75) is 18.9 Å². The third kappa shape index (κ3) is 3.04. The molecule has 2 atom stereocenters. The van der Waals surface area contributed by atoms with E-state index < -0.39 is 6.04 Å². The Kier molecular flexibility index (Phi) is 4.12. The monoisotopic (exact) mass is 307 g/mol. The zero-order valence-corrected chi connectivity index (χ0v) is 12.4. The summed E-state index contributed by atoms with van der Waals surface area (Å²) in [4.78, 5) is 26.2. The van der Waals surface area contributed by atoms with E-state index in [1.54, 1.807) is 17.0 Å². The molecule has 2 saturated heterocycles. The van der Waals surface area contributed by atoms with E-state index in [1.807, 2.05) is 12.1 Å². The van der Waals surface area contributed by atoms with Crippen molar-refractivity contribution >= 4 is 29.1 Å². The quantitative estimate of drug-likeness (QED) is 0.881. The predicted molar refractivity (Wildman–Crippen MR) is 81.3 cm³/mol. The first-order valence-electron chi connectivity index (χ1n) is 7.23. The standard InChI is InChI=1S/C15H18ClN3O2/c16-11-1-3-12(4-2-11)19-8-6-13(15(19)21)18-14(20)10-5-7-17-9-10/h1-4,10,13,17H,5-9H2,(H,18,20). The van der Waals surface area contributed by atoms with Crippen LogP contribution in [0.15, 0.2) is 24.3 Å². The van der Waals surface area contributed by atoms with Crippen molar-refractivity contribution in [1.29, 1.82) is 0 Å². The fourth-order valence-electron chi connectivity index (χ4n) is 2.86. The SMILES string of the molecule is O=C(NC1CCN(c2ccc(Cl)cc2)C1=O)C1CCNC1. The lowest BCUT2D eigenvalue weighted by Gasteiger charge is -2.18. The third-order valence-corrected chi connectivity index (χ3v) is 4.34. The Hall–Kier alpha value is -1.59. The Balaban J connectivity index is 1.63. The van der Waals surface area contributed by atoms with Crippen LogP contribution in [0.3, 0.4) is 0 Å². The minimum atomic E-state index is -0.409. The van der Waals surface area contributed by atoms with Gasteiger partial charge < -0.3 is 15.5 Å². The lowest BCUT2D eigenvalue weighted by molar-refractivity contribution is -0.128. The zero-order valence-electron chi connectivity index (χ0n) is 11.6. The van der Waals surface area contributed by atoms with Crippen LogP contribution >= 0.6 is 11.6 Å². The highest BCUT2D eigenvalue weighted by Gasteiger charge is 2.35. The van der Waals surface area contributed by atoms with E-state index in [1.165, 1.54) is 0 Å². The summed E-state index contributed by atoms with van der Waals surface area (Å²) in [6, 6.07) is 6.77. The smallest absolute Gasteiger partial charge is 0.249 e. The zero-order chi connectivity index (χ0) is 14.8. The van der Waals surface area contributed by atoms with Crippen molar-refractivity contribution in [1.82, 2.24) is 10.6 Å². The molecular formula is C15H18ClN3O2. The number of nitrogens with one attached hydrogen (secondary N) is 2. The molecule has 1 aromatic carbocycles. The number of benzene rings is 1. The molecule has 0 saturated carbocycles. The van der Waals surface area contributed by atoms with E-state index in [9.17, 15) is 9.59 Å². The van der Waals surface area contributed by atoms with Crippen LogP contribution in [0.4, 0.5) is 5.69 Å². The number of anilines is 1. The highest BCUT2D eigenvalue weighted by molar-refractivity contribution is 6.30. The Morgan fingerprint density at radius 1 is 1.29 bits per heavy atom. The van der Waals surface area contributed by atoms with Crippen LogP contribution in [-0.4, -0.2) is 37.5 Å². The number of halogens is 1. The molecular weight excluding hydrogens is 290 g/mol. The van der Waals surface area contributed by atoms with Crippen LogP contribution in [0.5, 0.6) is 0 Å². The van der Waals surface area contributed by atoms with Crippen molar-refractivity contribution in [3.05, 3.63) is 29.3 Å². The summed E-state index contributed by atoms with van der Waals surface area (Å²) in [6.07, 6.45) is 1.49. The first-order valence-corrected chi connectivity index (χ1v) is 7.61. The molecule has 2 N–H and O–H groups in total. The van der Waals surface area contributed by atoms with Gasteiger partial charge in [0.15, 0.2) is 0 Å². The van der Waals surface area contributed by atoms with Gasteiger partial charge in [0.2, 0.25) is 11.8 Å². The number of amides is 2. The molecule has 2 aliphatic heterocycles. The van der Waals surface area contributed by atoms with Crippen molar-refractivity contribution in [3.63, 3.8) is 0 Å². The van der Waals surface area contributed by atoms with E-state index in [4.69, 9.17) is 11.6 Å². The highest BCUT2D eigenvalue weighted by Crippen LogP contribution is 2.23. The normalized spacial score (nSPS) is 25.4. The van der Waals surface area contributed by atoms with Gasteiger partial charge in [-0.3, -0.25) is 9.59 Å². The maximum Gasteiger partial charge on any atom is 0.249 e. The van der Waals surface area contributed by atoms with Gasteiger partial charge in [0, 0.05) is 23.8 Å². The second-order valence-electron chi connectivity index (χ2n) is 5.51. The Bertz CT molecular complexity index is 540. The molecule has 2 fully saturated rings. The van der Waals surface area contributed by atoms with Gasteiger partial charge in [-0.25, -0.2) is 0 Å². The van der Waals surface area contributed by atoms with Crippen LogP contribution in [-0.2, 0) is 9.59 Å². The summed E-state index contributed by atoms with van der Waals surface area (Å²) in [5.74, 6) is -0.0738. The second kappa shape index (κ2) is 6.03. The molecule has 2 heterocycles. The summed E-state index contributed by atoms with van der Waals surface area (Å²) in [5, 5.41) is 6.69. The number of hydrogen-bond acceptors (Lipinski definition) is 3. The van der Waals surface area contributed by atoms with Crippen LogP contribution in [0, 0.1) is 5.92 Å². The topological polar surface area (TPSA) is 61.4 Å². The Labute approximate surface area is 128 Å². The molecule has 0 aromatic heterocycles. The number of carbonyl (C=O) groups is 2. The molecule has 5 nitrogen and oxygen atoms in total. The van der Waals surface area contributed by atoms with Crippen LogP contribution in [0.2, 0.25) is 5.02 Å². The number of hydrogen-bond donors (Lipinski definition) is 2. The van der Waals surface area contributed by atoms with Gasteiger partial charge in [-0.2, -0.15) is 0 Å². The van der Waals surface area contributed by atoms with E-state index in [0.29, 0.717) is 24.5 Å². The average molecular weight is 308 g/mol. The van der Waals surface area contributed by atoms with E-state index >= 15 is 0 Å². The van der Waals surface area contributed by atoms with Gasteiger partial charge in [-0.15, -0.1) is 0 Å². The minimum Gasteiger partial charge on any atom is -0.344 e. The van der Waals surface area contributed by atoms with Gasteiger partial charge in [0.1, 0.15) is 6.04 Å². The first kappa shape index (κ1) is 14.4. The van der Waals surface area contributed by atoms with Gasteiger partial charge >= 0.3 is 0 Å². The molecule has 3 rings (SSSR count). The van der Waals surface area contributed by atoms with Crippen molar-refractivity contribution in [2.75, 3.05) is 24.5 Å². The molecule has 21 heavy (non-hydrogen) atoms. The molecule has 0 radical (unpaired) electrons. The lowest BCUT2D eigenvalue weighted by atomic mass is 10.1. The Morgan fingerprint density at radius 3 is 2.71 bits per heavy atom. The number of nitrogens with zero attached hydrogens (tertiary/aromatic N) is 1. The second-order valence-corrected chi connectivity index (χ2v) is 5.94. The number of rotatable bonds is 3. The molecule has 2 amide bonds. The summed E-state index contributed by atoms with van der Waals surface area (Å²) in [5.41, 5.74) is 0.823. The molecule has 1 aromatic rings. The van der Waals surface area contributed by atoms with E-state index in [0.717, 1.165) is 18.7 Å². The first-order chi connectivity index (χ1) is 10.1. The molecule has 2 unspecified atom stereocenters. The third-order valence-electron chi connectivity index (χ3n) is 4.09. The van der Waals surface area contributed by atoms with Crippen LogP contribution in [0.1, 0.15) is 12.8 Å². The van der Waals surface area contributed by atoms with Gasteiger partial charge in [-0.05, 0) is 43.7 Å². The van der Waals surface area contributed by atoms with Crippen molar-refractivity contribution < 1.29 is 9.59 Å². The highest BCUT2D eigenvalue weighted by atomic mass is 35.5. The molecule has 0 aliphatic carbocycles. The molecule has 0 spiro atoms. The fourth-order valence-corrected chi connectivity index (χ4v) is 2.99. The molecule has 112 valence electrons. The van der Waals surface area contributed by atoms with E-state index in [-0.39, 0.29) is 17.7 Å².